The number of anilines is 4. The Morgan fingerprint density at radius 1 is 1.12 bits per heavy atom. The van der Waals surface area contributed by atoms with Crippen molar-refractivity contribution in [2.45, 2.75) is 90.8 Å². The summed E-state index contributed by atoms with van der Waals surface area (Å²) in [5.74, 6) is 1.33. The van der Waals surface area contributed by atoms with Crippen LogP contribution in [0.2, 0.25) is 5.02 Å². The predicted molar refractivity (Wildman–Crippen MR) is 172 cm³/mol. The first kappa shape index (κ1) is 30.4. The molecule has 7 rings (SSSR count). The summed E-state index contributed by atoms with van der Waals surface area (Å²) in [7, 11) is 0. The van der Waals surface area contributed by atoms with Gasteiger partial charge in [-0.3, -0.25) is 4.79 Å². The smallest absolute Gasteiger partial charge is 0.229 e. The molecule has 4 aliphatic carbocycles. The van der Waals surface area contributed by atoms with Crippen molar-refractivity contribution in [2.75, 3.05) is 41.7 Å². The molecule has 0 spiro atoms. The van der Waals surface area contributed by atoms with Gasteiger partial charge in [0.2, 0.25) is 11.9 Å². The molecule has 5 fully saturated rings. The molecule has 5 aliphatic rings. The molecular formula is C33H47ClFN7O. The Morgan fingerprint density at radius 3 is 2.47 bits per heavy atom. The number of piperidine rings is 1. The van der Waals surface area contributed by atoms with Crippen molar-refractivity contribution in [2.24, 2.45) is 23.2 Å². The van der Waals surface area contributed by atoms with Gasteiger partial charge in [0.15, 0.2) is 5.82 Å². The highest BCUT2D eigenvalue weighted by atomic mass is 35.5. The first-order valence-electron chi connectivity index (χ1n) is 16.2. The zero-order chi connectivity index (χ0) is 30.5. The zero-order valence-electron chi connectivity index (χ0n) is 26.2. The lowest BCUT2D eigenvalue weighted by Crippen LogP contribution is -2.69. The molecule has 1 saturated heterocycles. The van der Waals surface area contributed by atoms with E-state index in [0.29, 0.717) is 52.1 Å². The van der Waals surface area contributed by atoms with Crippen molar-refractivity contribution < 1.29 is 9.18 Å². The van der Waals surface area contributed by atoms with Crippen LogP contribution in [0, 0.1) is 29.0 Å². The van der Waals surface area contributed by atoms with Crippen molar-refractivity contribution in [3.05, 3.63) is 35.2 Å². The van der Waals surface area contributed by atoms with Gasteiger partial charge in [0.05, 0.1) is 23.3 Å². The van der Waals surface area contributed by atoms with Gasteiger partial charge in [-0.1, -0.05) is 39.3 Å². The van der Waals surface area contributed by atoms with E-state index in [2.05, 4.69) is 65.4 Å². The summed E-state index contributed by atoms with van der Waals surface area (Å²) < 4.78 is 15.4. The molecule has 10 heteroatoms. The average molecular weight is 612 g/mol. The van der Waals surface area contributed by atoms with E-state index in [1.807, 2.05) is 12.1 Å². The number of carbonyl (C=O) groups excluding carboxylic acids is 1. The van der Waals surface area contributed by atoms with E-state index in [4.69, 9.17) is 16.6 Å². The second kappa shape index (κ2) is 11.7. The van der Waals surface area contributed by atoms with Crippen LogP contribution in [-0.2, 0) is 4.79 Å². The Labute approximate surface area is 260 Å². The van der Waals surface area contributed by atoms with Crippen LogP contribution in [0.1, 0.15) is 73.1 Å². The summed E-state index contributed by atoms with van der Waals surface area (Å²) >= 11 is 6.63. The molecule has 234 valence electrons. The zero-order valence-corrected chi connectivity index (χ0v) is 27.0. The Hall–Kier alpha value is -2.65. The van der Waals surface area contributed by atoms with Gasteiger partial charge in [-0.2, -0.15) is 4.98 Å². The fourth-order valence-corrected chi connectivity index (χ4v) is 8.38. The lowest BCUT2D eigenvalue weighted by molar-refractivity contribution is -0.156. The molecule has 1 amide bonds. The maximum atomic E-state index is 15.4. The Kier molecular flexibility index (Phi) is 8.26. The van der Waals surface area contributed by atoms with E-state index in [1.165, 1.54) is 6.07 Å². The van der Waals surface area contributed by atoms with Gasteiger partial charge in [-0.05, 0) is 94.0 Å². The molecule has 8 nitrogen and oxygen atoms in total. The summed E-state index contributed by atoms with van der Waals surface area (Å²) in [4.78, 5) is 27.1. The van der Waals surface area contributed by atoms with Crippen LogP contribution in [0.25, 0.3) is 0 Å². The number of nitrogens with zero attached hydrogens (tertiary/aromatic N) is 4. The van der Waals surface area contributed by atoms with Crippen LogP contribution in [0.5, 0.6) is 0 Å². The first-order valence-corrected chi connectivity index (χ1v) is 16.6. The fraction of sp³-hybridized carbons (Fsp3) is 0.667. The first-order chi connectivity index (χ1) is 20.5. The van der Waals surface area contributed by atoms with Gasteiger partial charge in [0.25, 0.3) is 0 Å². The summed E-state index contributed by atoms with van der Waals surface area (Å²) in [5.41, 5.74) is 0.809. The fourth-order valence-electron chi connectivity index (χ4n) is 8.24. The van der Waals surface area contributed by atoms with Crippen molar-refractivity contribution in [1.29, 1.82) is 0 Å². The topological polar surface area (TPSA) is 85.4 Å². The molecule has 0 unspecified atom stereocenters. The number of hydrogen-bond donors (Lipinski definition) is 3. The second-order valence-corrected chi connectivity index (χ2v) is 14.3. The lowest BCUT2D eigenvalue weighted by atomic mass is 9.40. The highest BCUT2D eigenvalue weighted by molar-refractivity contribution is 6.32. The van der Waals surface area contributed by atoms with Gasteiger partial charge in [0, 0.05) is 30.9 Å². The third kappa shape index (κ3) is 5.79. The number of rotatable bonds is 10. The second-order valence-electron chi connectivity index (χ2n) is 13.9. The van der Waals surface area contributed by atoms with E-state index in [-0.39, 0.29) is 23.1 Å². The molecule has 4 saturated carbocycles. The summed E-state index contributed by atoms with van der Waals surface area (Å²) in [6, 6.07) is 6.10. The van der Waals surface area contributed by atoms with Crippen molar-refractivity contribution >= 4 is 40.6 Å². The number of halogens is 2. The van der Waals surface area contributed by atoms with E-state index >= 15 is 4.39 Å². The SMILES string of the molecule is CCN(CC)C1CCN(c2ccc(Nc3ncc(Cl)c(N[C@@]4(C)[C@@H](C(=O)NC5CC5)C[C@H]5C[C@@H]4C5(C)C)n3)cc2F)CC1. The molecule has 1 aromatic heterocycles. The minimum absolute atomic E-state index is 0.124. The van der Waals surface area contributed by atoms with E-state index in [9.17, 15) is 4.79 Å². The Balaban J connectivity index is 1.16. The lowest BCUT2D eigenvalue weighted by Gasteiger charge is -2.66. The number of hydrogen-bond acceptors (Lipinski definition) is 7. The van der Waals surface area contributed by atoms with E-state index in [0.717, 1.165) is 64.7 Å². The number of fused-ring (bicyclic) bond motifs is 2. The van der Waals surface area contributed by atoms with Crippen LogP contribution < -0.4 is 20.9 Å². The van der Waals surface area contributed by atoms with Crippen molar-refractivity contribution in [3.63, 3.8) is 0 Å². The van der Waals surface area contributed by atoms with Gasteiger partial charge in [-0.15, -0.1) is 0 Å². The average Bonchev–Trinajstić information content (AvgIpc) is 3.79. The minimum atomic E-state index is -0.515. The number of nitrogens with one attached hydrogen (secondary N) is 3. The Bertz CT molecular complexity index is 1340. The number of amides is 1. The van der Waals surface area contributed by atoms with Crippen LogP contribution in [-0.4, -0.2) is 64.6 Å². The summed E-state index contributed by atoms with van der Waals surface area (Å²) in [6.07, 6.45) is 7.68. The molecule has 4 atom stereocenters. The standard InChI is InChI=1S/C33H47ClFN7O/c1-6-41(7-2)23-12-14-42(15-13-23)27-11-10-22(18-26(27)35)38-31-36-19-25(34)29(39-31)40-33(5)24(30(43)37-21-8-9-21)16-20-17-28(33)32(20,3)4/h10-11,18-21,23-24,28H,6-9,12-17H2,1-5H3,(H,37,43)(H2,36,38,39,40)/t20-,24+,28+,33-/m0/s1. The van der Waals surface area contributed by atoms with Crippen LogP contribution in [0.4, 0.5) is 27.5 Å². The maximum absolute atomic E-state index is 15.4. The summed E-state index contributed by atoms with van der Waals surface area (Å²) in [6.45, 7) is 15.0. The van der Waals surface area contributed by atoms with Crippen LogP contribution in [0.3, 0.4) is 0 Å². The number of benzene rings is 1. The van der Waals surface area contributed by atoms with Crippen molar-refractivity contribution in [3.8, 4) is 0 Å². The molecule has 1 aromatic carbocycles. The number of aromatic nitrogens is 2. The monoisotopic (exact) mass is 611 g/mol. The largest absolute Gasteiger partial charge is 0.369 e. The van der Waals surface area contributed by atoms with E-state index in [1.54, 1.807) is 6.20 Å². The molecule has 0 radical (unpaired) electrons. The molecule has 2 heterocycles. The van der Waals surface area contributed by atoms with Gasteiger partial charge >= 0.3 is 0 Å². The molecule has 43 heavy (non-hydrogen) atoms. The maximum Gasteiger partial charge on any atom is 0.229 e. The highest BCUT2D eigenvalue weighted by Crippen LogP contribution is 2.65. The molecule has 2 bridgehead atoms. The predicted octanol–water partition coefficient (Wildman–Crippen LogP) is 6.45. The molecule has 1 aliphatic heterocycles. The third-order valence-corrected chi connectivity index (χ3v) is 11.4. The van der Waals surface area contributed by atoms with Crippen LogP contribution in [0.15, 0.2) is 24.4 Å². The quantitative estimate of drug-likeness (QED) is 0.284. The van der Waals surface area contributed by atoms with Gasteiger partial charge in [-0.25, -0.2) is 9.37 Å². The normalized spacial score (nSPS) is 28.4. The minimum Gasteiger partial charge on any atom is -0.369 e. The molecule has 2 aromatic rings. The van der Waals surface area contributed by atoms with Crippen LogP contribution >= 0.6 is 11.6 Å². The number of carbonyl (C=O) groups is 1. The molecule has 3 N–H and O–H groups in total. The third-order valence-electron chi connectivity index (χ3n) is 11.1. The Morgan fingerprint density at radius 2 is 1.84 bits per heavy atom. The molecular weight excluding hydrogens is 565 g/mol. The van der Waals surface area contributed by atoms with Gasteiger partial charge < -0.3 is 25.8 Å². The van der Waals surface area contributed by atoms with Gasteiger partial charge in [0.1, 0.15) is 10.8 Å². The van der Waals surface area contributed by atoms with E-state index < -0.39 is 5.54 Å². The highest BCUT2D eigenvalue weighted by Gasteiger charge is 2.65. The van der Waals surface area contributed by atoms with Crippen molar-refractivity contribution in [1.82, 2.24) is 20.2 Å². The summed E-state index contributed by atoms with van der Waals surface area (Å²) in [5, 5.41) is 10.4.